The van der Waals surface area contributed by atoms with E-state index in [-0.39, 0.29) is 23.9 Å². The molecule has 0 aliphatic rings. The zero-order valence-corrected chi connectivity index (χ0v) is 12.4. The standard InChI is InChI=1S/C17H13F2N3O2/c18-12-5-1-10(2-6-12)9-24-16-14(21-22-15(16)17(20)23)11-3-7-13(19)8-4-11/h1-8H,9H2,(H2,20,23)(H,21,22). The van der Waals surface area contributed by atoms with Crippen molar-refractivity contribution < 1.29 is 18.3 Å². The number of carbonyl (C=O) groups excluding carboxylic acids is 1. The van der Waals surface area contributed by atoms with Gasteiger partial charge in [0.25, 0.3) is 5.91 Å². The number of hydrogen-bond acceptors (Lipinski definition) is 3. The molecule has 0 bridgehead atoms. The predicted molar refractivity (Wildman–Crippen MR) is 83.2 cm³/mol. The molecule has 0 fully saturated rings. The summed E-state index contributed by atoms with van der Waals surface area (Å²) in [6, 6.07) is 11.3. The number of amides is 1. The zero-order chi connectivity index (χ0) is 17.1. The van der Waals surface area contributed by atoms with Gasteiger partial charge in [-0.05, 0) is 42.0 Å². The maximum atomic E-state index is 13.1. The molecule has 0 atom stereocenters. The molecule has 0 unspecified atom stereocenters. The number of benzene rings is 2. The molecule has 24 heavy (non-hydrogen) atoms. The van der Waals surface area contributed by atoms with Crippen LogP contribution >= 0.6 is 0 Å². The van der Waals surface area contributed by atoms with Gasteiger partial charge in [-0.1, -0.05) is 12.1 Å². The summed E-state index contributed by atoms with van der Waals surface area (Å²) in [7, 11) is 0. The molecular formula is C17H13F2N3O2. The Labute approximate surface area is 136 Å². The second kappa shape index (κ2) is 6.49. The minimum absolute atomic E-state index is 0.0106. The summed E-state index contributed by atoms with van der Waals surface area (Å²) in [4.78, 5) is 11.5. The van der Waals surface area contributed by atoms with Crippen LogP contribution in [0.5, 0.6) is 5.75 Å². The Balaban J connectivity index is 1.92. The van der Waals surface area contributed by atoms with E-state index in [9.17, 15) is 13.6 Å². The van der Waals surface area contributed by atoms with Crippen LogP contribution in [0.2, 0.25) is 0 Å². The Morgan fingerprint density at radius 1 is 1.04 bits per heavy atom. The van der Waals surface area contributed by atoms with Crippen molar-refractivity contribution >= 4 is 5.91 Å². The van der Waals surface area contributed by atoms with Crippen LogP contribution in [0.4, 0.5) is 8.78 Å². The van der Waals surface area contributed by atoms with Gasteiger partial charge in [-0.2, -0.15) is 5.10 Å². The number of aromatic amines is 1. The molecule has 5 nitrogen and oxygen atoms in total. The maximum Gasteiger partial charge on any atom is 0.270 e. The first-order chi connectivity index (χ1) is 11.5. The summed E-state index contributed by atoms with van der Waals surface area (Å²) < 4.78 is 31.7. The minimum atomic E-state index is -0.732. The first-order valence-electron chi connectivity index (χ1n) is 7.06. The number of halogens is 2. The van der Waals surface area contributed by atoms with Crippen LogP contribution in [0.3, 0.4) is 0 Å². The molecule has 122 valence electrons. The zero-order valence-electron chi connectivity index (χ0n) is 12.4. The number of nitrogens with zero attached hydrogens (tertiary/aromatic N) is 1. The third-order valence-electron chi connectivity index (χ3n) is 3.38. The number of aromatic nitrogens is 2. The third kappa shape index (κ3) is 3.24. The summed E-state index contributed by atoms with van der Waals surface area (Å²) in [5.74, 6) is -1.31. The van der Waals surface area contributed by atoms with Crippen LogP contribution in [-0.2, 0) is 6.61 Å². The Morgan fingerprint density at radius 3 is 2.21 bits per heavy atom. The number of hydrogen-bond donors (Lipinski definition) is 2. The molecule has 1 amide bonds. The highest BCUT2D eigenvalue weighted by atomic mass is 19.1. The predicted octanol–water partition coefficient (Wildman–Crippen LogP) is 3.03. The normalized spacial score (nSPS) is 10.6. The van der Waals surface area contributed by atoms with Crippen LogP contribution in [0, 0.1) is 11.6 Å². The fraction of sp³-hybridized carbons (Fsp3) is 0.0588. The highest BCUT2D eigenvalue weighted by Crippen LogP contribution is 2.31. The molecule has 0 aliphatic heterocycles. The van der Waals surface area contributed by atoms with Gasteiger partial charge < -0.3 is 10.5 Å². The Hall–Kier alpha value is -3.22. The molecule has 1 aromatic heterocycles. The van der Waals surface area contributed by atoms with Gasteiger partial charge in [-0.15, -0.1) is 0 Å². The van der Waals surface area contributed by atoms with Crippen molar-refractivity contribution in [2.75, 3.05) is 0 Å². The van der Waals surface area contributed by atoms with E-state index in [0.717, 1.165) is 0 Å². The van der Waals surface area contributed by atoms with Crippen molar-refractivity contribution in [3.63, 3.8) is 0 Å². The van der Waals surface area contributed by atoms with Gasteiger partial charge in [-0.25, -0.2) is 8.78 Å². The summed E-state index contributed by atoms with van der Waals surface area (Å²) in [6.07, 6.45) is 0. The highest BCUT2D eigenvalue weighted by Gasteiger charge is 2.20. The SMILES string of the molecule is NC(=O)c1[nH]nc(-c2ccc(F)cc2)c1OCc1ccc(F)cc1. The van der Waals surface area contributed by atoms with E-state index in [4.69, 9.17) is 10.5 Å². The van der Waals surface area contributed by atoms with Gasteiger partial charge in [0.05, 0.1) is 0 Å². The quantitative estimate of drug-likeness (QED) is 0.755. The largest absolute Gasteiger partial charge is 0.484 e. The van der Waals surface area contributed by atoms with E-state index < -0.39 is 11.7 Å². The topological polar surface area (TPSA) is 81.0 Å². The average Bonchev–Trinajstić information content (AvgIpc) is 2.99. The number of nitrogens with two attached hydrogens (primary N) is 1. The molecule has 3 aromatic rings. The second-order valence-corrected chi connectivity index (χ2v) is 5.06. The van der Waals surface area contributed by atoms with Gasteiger partial charge in [0, 0.05) is 5.56 Å². The number of primary amides is 1. The minimum Gasteiger partial charge on any atom is -0.484 e. The van der Waals surface area contributed by atoms with Crippen molar-refractivity contribution in [3.05, 3.63) is 71.4 Å². The maximum absolute atomic E-state index is 13.1. The van der Waals surface area contributed by atoms with Crippen molar-refractivity contribution in [1.29, 1.82) is 0 Å². The Kier molecular flexibility index (Phi) is 4.24. The molecule has 3 N–H and O–H groups in total. The van der Waals surface area contributed by atoms with E-state index in [1.807, 2.05) is 0 Å². The molecule has 0 aliphatic carbocycles. The summed E-state index contributed by atoms with van der Waals surface area (Å²) in [5.41, 5.74) is 6.94. The summed E-state index contributed by atoms with van der Waals surface area (Å²) in [5, 5.41) is 6.56. The van der Waals surface area contributed by atoms with Gasteiger partial charge in [0.1, 0.15) is 23.9 Å². The number of rotatable bonds is 5. The third-order valence-corrected chi connectivity index (χ3v) is 3.38. The van der Waals surface area contributed by atoms with Gasteiger partial charge >= 0.3 is 0 Å². The van der Waals surface area contributed by atoms with Crippen molar-refractivity contribution in [2.24, 2.45) is 5.73 Å². The lowest BCUT2D eigenvalue weighted by Crippen LogP contribution is -2.13. The van der Waals surface area contributed by atoms with Gasteiger partial charge in [-0.3, -0.25) is 9.89 Å². The smallest absolute Gasteiger partial charge is 0.270 e. The number of H-pyrrole nitrogens is 1. The fourth-order valence-corrected chi connectivity index (χ4v) is 2.18. The summed E-state index contributed by atoms with van der Waals surface area (Å²) in [6.45, 7) is 0.0916. The molecule has 0 radical (unpaired) electrons. The monoisotopic (exact) mass is 329 g/mol. The van der Waals surface area contributed by atoms with Crippen molar-refractivity contribution in [3.8, 4) is 17.0 Å². The van der Waals surface area contributed by atoms with E-state index in [0.29, 0.717) is 16.8 Å². The first-order valence-corrected chi connectivity index (χ1v) is 7.06. The van der Waals surface area contributed by atoms with Crippen molar-refractivity contribution in [2.45, 2.75) is 6.61 Å². The van der Waals surface area contributed by atoms with Gasteiger partial charge in [0.2, 0.25) is 0 Å². The van der Waals surface area contributed by atoms with Crippen molar-refractivity contribution in [1.82, 2.24) is 10.2 Å². The van der Waals surface area contributed by atoms with Gasteiger partial charge in [0.15, 0.2) is 11.4 Å². The van der Waals surface area contributed by atoms with E-state index in [2.05, 4.69) is 10.2 Å². The average molecular weight is 329 g/mol. The molecule has 1 heterocycles. The van der Waals surface area contributed by atoms with E-state index >= 15 is 0 Å². The molecule has 2 aromatic carbocycles. The van der Waals surface area contributed by atoms with E-state index in [1.165, 1.54) is 36.4 Å². The van der Waals surface area contributed by atoms with E-state index in [1.54, 1.807) is 12.1 Å². The number of carbonyl (C=O) groups is 1. The molecule has 7 heteroatoms. The summed E-state index contributed by atoms with van der Waals surface area (Å²) >= 11 is 0. The lowest BCUT2D eigenvalue weighted by atomic mass is 10.1. The second-order valence-electron chi connectivity index (χ2n) is 5.06. The van der Waals surface area contributed by atoms with Crippen LogP contribution < -0.4 is 10.5 Å². The van der Waals surface area contributed by atoms with Crippen LogP contribution in [0.25, 0.3) is 11.3 Å². The molecule has 3 rings (SSSR count). The molecular weight excluding hydrogens is 316 g/mol. The fourth-order valence-electron chi connectivity index (χ4n) is 2.18. The number of ether oxygens (including phenoxy) is 1. The highest BCUT2D eigenvalue weighted by molar-refractivity contribution is 5.96. The Bertz CT molecular complexity index is 859. The lowest BCUT2D eigenvalue weighted by molar-refractivity contribution is 0.0991. The van der Waals surface area contributed by atoms with Crippen LogP contribution in [0.15, 0.2) is 48.5 Å². The number of nitrogens with one attached hydrogen (secondary N) is 1. The first kappa shape index (κ1) is 15.7. The lowest BCUT2D eigenvalue weighted by Gasteiger charge is -2.08. The van der Waals surface area contributed by atoms with Crippen LogP contribution in [-0.4, -0.2) is 16.1 Å². The Morgan fingerprint density at radius 2 is 1.62 bits per heavy atom. The molecule has 0 saturated heterocycles. The molecule has 0 saturated carbocycles. The van der Waals surface area contributed by atoms with Crippen LogP contribution in [0.1, 0.15) is 16.1 Å². The molecule has 0 spiro atoms.